The van der Waals surface area contributed by atoms with Gasteiger partial charge in [0.05, 0.1) is 24.4 Å². The van der Waals surface area contributed by atoms with Crippen molar-refractivity contribution >= 4 is 23.1 Å². The second kappa shape index (κ2) is 8.02. The Balaban J connectivity index is 1.77. The lowest BCUT2D eigenvalue weighted by molar-refractivity contribution is 0.102. The third-order valence-corrected chi connectivity index (χ3v) is 3.91. The highest BCUT2D eigenvalue weighted by molar-refractivity contribution is 6.04. The summed E-state index contributed by atoms with van der Waals surface area (Å²) >= 11 is 0. The highest BCUT2D eigenvalue weighted by atomic mass is 16.5. The van der Waals surface area contributed by atoms with Crippen molar-refractivity contribution in [2.24, 2.45) is 0 Å². The number of aromatic nitrogens is 1. The number of anilines is 3. The second-order valence-electron chi connectivity index (χ2n) is 5.90. The van der Waals surface area contributed by atoms with Crippen LogP contribution in [0.1, 0.15) is 21.5 Å². The van der Waals surface area contributed by atoms with Crippen LogP contribution in [0.3, 0.4) is 0 Å². The molecule has 2 N–H and O–H groups in total. The largest absolute Gasteiger partial charge is 0.495 e. The van der Waals surface area contributed by atoms with Crippen molar-refractivity contribution < 1.29 is 9.53 Å². The minimum atomic E-state index is -0.263. The van der Waals surface area contributed by atoms with E-state index in [2.05, 4.69) is 15.6 Å². The van der Waals surface area contributed by atoms with E-state index in [9.17, 15) is 4.79 Å². The number of nitrogens with one attached hydrogen (secondary N) is 2. The molecule has 1 amide bonds. The molecule has 0 saturated heterocycles. The molecule has 0 aliphatic heterocycles. The van der Waals surface area contributed by atoms with Gasteiger partial charge in [-0.1, -0.05) is 6.07 Å². The van der Waals surface area contributed by atoms with E-state index in [1.807, 2.05) is 31.2 Å². The van der Waals surface area contributed by atoms with E-state index in [1.165, 1.54) is 0 Å². The number of nitrogens with zero attached hydrogens (tertiary/aromatic N) is 2. The summed E-state index contributed by atoms with van der Waals surface area (Å²) in [6.07, 6.45) is 1.57. The zero-order valence-corrected chi connectivity index (χ0v) is 15.0. The number of carbonyl (C=O) groups excluding carboxylic acids is 1. The quantitative estimate of drug-likeness (QED) is 0.711. The number of rotatable bonds is 5. The summed E-state index contributed by atoms with van der Waals surface area (Å²) < 4.78 is 5.36. The first-order valence-electron chi connectivity index (χ1n) is 8.28. The molecule has 6 heteroatoms. The standard InChI is InChI=1S/C21H18N4O2/c1-14-3-8-19(27-2)18(11-14)25-20-12-16(9-10-23-20)21(26)24-17-6-4-15(13-22)5-7-17/h3-12H,1-2H3,(H,23,25)(H,24,26). The number of carbonyl (C=O) groups is 1. The second-order valence-corrected chi connectivity index (χ2v) is 5.90. The summed E-state index contributed by atoms with van der Waals surface area (Å²) in [6.45, 7) is 1.99. The van der Waals surface area contributed by atoms with Crippen molar-refractivity contribution in [1.29, 1.82) is 5.26 Å². The normalized spacial score (nSPS) is 9.96. The number of amides is 1. The Labute approximate surface area is 157 Å². The lowest BCUT2D eigenvalue weighted by atomic mass is 10.2. The van der Waals surface area contributed by atoms with E-state index in [0.29, 0.717) is 28.4 Å². The fourth-order valence-electron chi connectivity index (χ4n) is 2.53. The van der Waals surface area contributed by atoms with Crippen LogP contribution in [0.4, 0.5) is 17.2 Å². The number of nitriles is 1. The monoisotopic (exact) mass is 358 g/mol. The third kappa shape index (κ3) is 4.41. The maximum absolute atomic E-state index is 12.5. The number of hydrogen-bond donors (Lipinski definition) is 2. The van der Waals surface area contributed by atoms with E-state index in [0.717, 1.165) is 11.3 Å². The summed E-state index contributed by atoms with van der Waals surface area (Å²) in [6, 6.07) is 17.8. The fraction of sp³-hybridized carbons (Fsp3) is 0.0952. The van der Waals surface area contributed by atoms with Gasteiger partial charge in [0.1, 0.15) is 11.6 Å². The van der Waals surface area contributed by atoms with Crippen LogP contribution in [-0.4, -0.2) is 18.0 Å². The Bertz CT molecular complexity index is 1010. The van der Waals surface area contributed by atoms with E-state index in [4.69, 9.17) is 10.00 Å². The molecule has 134 valence electrons. The number of hydrogen-bond acceptors (Lipinski definition) is 5. The zero-order valence-electron chi connectivity index (χ0n) is 15.0. The average Bonchev–Trinajstić information content (AvgIpc) is 2.69. The highest BCUT2D eigenvalue weighted by Gasteiger charge is 2.09. The molecule has 1 heterocycles. The van der Waals surface area contributed by atoms with Gasteiger partial charge < -0.3 is 15.4 Å². The maximum atomic E-state index is 12.5. The predicted molar refractivity (Wildman–Crippen MR) is 104 cm³/mol. The molecule has 0 unspecified atom stereocenters. The van der Waals surface area contributed by atoms with Crippen molar-refractivity contribution in [1.82, 2.24) is 4.98 Å². The van der Waals surface area contributed by atoms with Crippen LogP contribution in [0.25, 0.3) is 0 Å². The molecule has 3 rings (SSSR count). The third-order valence-electron chi connectivity index (χ3n) is 3.91. The van der Waals surface area contributed by atoms with Gasteiger partial charge in [0.2, 0.25) is 0 Å². The molecule has 0 radical (unpaired) electrons. The van der Waals surface area contributed by atoms with Crippen molar-refractivity contribution in [3.05, 3.63) is 77.5 Å². The number of pyridine rings is 1. The van der Waals surface area contributed by atoms with Crippen molar-refractivity contribution in [2.45, 2.75) is 6.92 Å². The van der Waals surface area contributed by atoms with Gasteiger partial charge in [-0.2, -0.15) is 5.26 Å². The SMILES string of the molecule is COc1ccc(C)cc1Nc1cc(C(=O)Nc2ccc(C#N)cc2)ccn1. The molecular formula is C21H18N4O2. The summed E-state index contributed by atoms with van der Waals surface area (Å²) in [5, 5.41) is 14.8. The van der Waals surface area contributed by atoms with Crippen LogP contribution >= 0.6 is 0 Å². The zero-order chi connectivity index (χ0) is 19.2. The molecule has 0 saturated carbocycles. The van der Waals surface area contributed by atoms with Crippen LogP contribution < -0.4 is 15.4 Å². The molecular weight excluding hydrogens is 340 g/mol. The lowest BCUT2D eigenvalue weighted by Gasteiger charge is -2.12. The summed E-state index contributed by atoms with van der Waals surface area (Å²) in [5.74, 6) is 0.961. The molecule has 2 aromatic carbocycles. The summed E-state index contributed by atoms with van der Waals surface area (Å²) in [4.78, 5) is 16.8. The molecule has 0 aliphatic carbocycles. The van der Waals surface area contributed by atoms with E-state index in [-0.39, 0.29) is 5.91 Å². The average molecular weight is 358 g/mol. The molecule has 1 aromatic heterocycles. The lowest BCUT2D eigenvalue weighted by Crippen LogP contribution is -2.12. The van der Waals surface area contributed by atoms with Gasteiger partial charge in [-0.15, -0.1) is 0 Å². The van der Waals surface area contributed by atoms with Gasteiger partial charge in [0.15, 0.2) is 0 Å². The van der Waals surface area contributed by atoms with Gasteiger partial charge >= 0.3 is 0 Å². The molecule has 0 atom stereocenters. The van der Waals surface area contributed by atoms with Crippen molar-refractivity contribution in [3.63, 3.8) is 0 Å². The number of ether oxygens (including phenoxy) is 1. The first kappa shape index (κ1) is 18.0. The molecule has 6 nitrogen and oxygen atoms in total. The number of benzene rings is 2. The molecule has 3 aromatic rings. The van der Waals surface area contributed by atoms with E-state index in [1.54, 1.807) is 49.7 Å². The van der Waals surface area contributed by atoms with Crippen LogP contribution in [0.5, 0.6) is 5.75 Å². The van der Waals surface area contributed by atoms with Crippen molar-refractivity contribution in [3.8, 4) is 11.8 Å². The van der Waals surface area contributed by atoms with Crippen LogP contribution in [-0.2, 0) is 0 Å². The van der Waals surface area contributed by atoms with Gasteiger partial charge in [0, 0.05) is 17.4 Å². The Hall–Kier alpha value is -3.85. The highest BCUT2D eigenvalue weighted by Crippen LogP contribution is 2.28. The molecule has 0 bridgehead atoms. The van der Waals surface area contributed by atoms with Gasteiger partial charge in [0.25, 0.3) is 5.91 Å². The number of methoxy groups -OCH3 is 1. The first-order valence-corrected chi connectivity index (χ1v) is 8.28. The van der Waals surface area contributed by atoms with Gasteiger partial charge in [-0.3, -0.25) is 4.79 Å². The minimum Gasteiger partial charge on any atom is -0.495 e. The minimum absolute atomic E-state index is 0.263. The fourth-order valence-corrected chi connectivity index (χ4v) is 2.53. The van der Waals surface area contributed by atoms with Crippen LogP contribution in [0, 0.1) is 18.3 Å². The van der Waals surface area contributed by atoms with Crippen molar-refractivity contribution in [2.75, 3.05) is 17.7 Å². The van der Waals surface area contributed by atoms with Gasteiger partial charge in [-0.05, 0) is 61.0 Å². The first-order chi connectivity index (χ1) is 13.1. The Morgan fingerprint density at radius 3 is 2.59 bits per heavy atom. The molecule has 27 heavy (non-hydrogen) atoms. The Morgan fingerprint density at radius 2 is 1.89 bits per heavy atom. The van der Waals surface area contributed by atoms with E-state index >= 15 is 0 Å². The topological polar surface area (TPSA) is 87.0 Å². The van der Waals surface area contributed by atoms with Gasteiger partial charge in [-0.25, -0.2) is 4.98 Å². The molecule has 0 fully saturated rings. The Kier molecular flexibility index (Phi) is 5.33. The molecule has 0 aliphatic rings. The summed E-state index contributed by atoms with van der Waals surface area (Å²) in [5.41, 5.74) is 3.47. The maximum Gasteiger partial charge on any atom is 0.255 e. The molecule has 0 spiro atoms. The summed E-state index contributed by atoms with van der Waals surface area (Å²) in [7, 11) is 1.60. The number of aryl methyl sites for hydroxylation is 1. The van der Waals surface area contributed by atoms with Crippen LogP contribution in [0.2, 0.25) is 0 Å². The smallest absolute Gasteiger partial charge is 0.255 e. The van der Waals surface area contributed by atoms with E-state index < -0.39 is 0 Å². The van der Waals surface area contributed by atoms with Crippen LogP contribution in [0.15, 0.2) is 60.8 Å². The Morgan fingerprint density at radius 1 is 1.11 bits per heavy atom. The predicted octanol–water partition coefficient (Wildman–Crippen LogP) is 4.27.